The van der Waals surface area contributed by atoms with E-state index in [4.69, 9.17) is 0 Å². The lowest BCUT2D eigenvalue weighted by molar-refractivity contribution is 0.341. The molecule has 0 saturated heterocycles. The highest BCUT2D eigenvalue weighted by Crippen LogP contribution is 2.25. The van der Waals surface area contributed by atoms with Crippen LogP contribution >= 0.6 is 0 Å². The molecule has 0 aromatic heterocycles. The standard InChI is InChI=1S/C16H24N4.C2H6/c1-6-13-7-14(10-20(19-5)12-18-4)9-15(8-13)16(2,3)11-17;1-2/h7-9,12,19H,6,10H2,1-5H3;1-2H3. The van der Waals surface area contributed by atoms with Gasteiger partial charge in [0.05, 0.1) is 24.4 Å². The van der Waals surface area contributed by atoms with Gasteiger partial charge >= 0.3 is 0 Å². The Labute approximate surface area is 135 Å². The Morgan fingerprint density at radius 2 is 1.86 bits per heavy atom. The molecule has 0 aliphatic heterocycles. The number of rotatable bonds is 6. The lowest BCUT2D eigenvalue weighted by Gasteiger charge is -2.22. The van der Waals surface area contributed by atoms with Crippen LogP contribution in [0.5, 0.6) is 0 Å². The van der Waals surface area contributed by atoms with Gasteiger partial charge in [-0.3, -0.25) is 10.0 Å². The maximum atomic E-state index is 9.32. The lowest BCUT2D eigenvalue weighted by atomic mass is 9.84. The van der Waals surface area contributed by atoms with Crippen molar-refractivity contribution in [2.45, 2.75) is 53.0 Å². The SMILES string of the molecule is CC.CCc1cc(CN(C=NC)NC)cc(C(C)(C)C#N)c1. The summed E-state index contributed by atoms with van der Waals surface area (Å²) in [6.45, 7) is 10.8. The van der Waals surface area contributed by atoms with E-state index in [0.717, 1.165) is 18.5 Å². The molecule has 4 heteroatoms. The summed E-state index contributed by atoms with van der Waals surface area (Å²) in [5.74, 6) is 0. The van der Waals surface area contributed by atoms with Crippen LogP contribution in [0.1, 0.15) is 51.3 Å². The molecule has 1 N–H and O–H groups in total. The zero-order valence-electron chi connectivity index (χ0n) is 15.1. The van der Waals surface area contributed by atoms with Gasteiger partial charge in [-0.2, -0.15) is 5.26 Å². The van der Waals surface area contributed by atoms with Crippen molar-refractivity contribution >= 4 is 6.34 Å². The van der Waals surface area contributed by atoms with Crippen LogP contribution in [0.3, 0.4) is 0 Å². The lowest BCUT2D eigenvalue weighted by Crippen LogP contribution is -2.33. The van der Waals surface area contributed by atoms with Crippen molar-refractivity contribution in [1.82, 2.24) is 10.4 Å². The number of hydrogen-bond donors (Lipinski definition) is 1. The first-order chi connectivity index (χ1) is 10.5. The molecule has 1 aromatic carbocycles. The highest BCUT2D eigenvalue weighted by molar-refractivity contribution is 5.54. The molecule has 0 bridgehead atoms. The predicted molar refractivity (Wildman–Crippen MR) is 94.8 cm³/mol. The second-order valence-corrected chi connectivity index (χ2v) is 5.35. The number of nitrogens with zero attached hydrogens (tertiary/aromatic N) is 3. The van der Waals surface area contributed by atoms with E-state index in [1.54, 1.807) is 13.4 Å². The number of nitrogens with one attached hydrogen (secondary N) is 1. The van der Waals surface area contributed by atoms with Crippen LogP contribution in [0, 0.1) is 11.3 Å². The van der Waals surface area contributed by atoms with Crippen molar-refractivity contribution < 1.29 is 0 Å². The van der Waals surface area contributed by atoms with Gasteiger partial charge in [-0.15, -0.1) is 0 Å². The topological polar surface area (TPSA) is 51.4 Å². The van der Waals surface area contributed by atoms with Crippen LogP contribution in [0.15, 0.2) is 23.2 Å². The van der Waals surface area contributed by atoms with E-state index in [1.165, 1.54) is 11.1 Å². The van der Waals surface area contributed by atoms with Gasteiger partial charge in [-0.05, 0) is 37.0 Å². The molecule has 0 unspecified atom stereocenters. The predicted octanol–water partition coefficient (Wildman–Crippen LogP) is 3.67. The van der Waals surface area contributed by atoms with Gasteiger partial charge in [-0.25, -0.2) is 5.43 Å². The van der Waals surface area contributed by atoms with Crippen LogP contribution in [-0.4, -0.2) is 25.4 Å². The minimum absolute atomic E-state index is 0.469. The summed E-state index contributed by atoms with van der Waals surface area (Å²) in [6.07, 6.45) is 2.72. The summed E-state index contributed by atoms with van der Waals surface area (Å²) < 4.78 is 0. The highest BCUT2D eigenvalue weighted by Gasteiger charge is 2.20. The van der Waals surface area contributed by atoms with Gasteiger partial charge in [0.25, 0.3) is 0 Å². The fourth-order valence-electron chi connectivity index (χ4n) is 2.00. The second-order valence-electron chi connectivity index (χ2n) is 5.35. The van der Waals surface area contributed by atoms with Crippen LogP contribution in [0.4, 0.5) is 0 Å². The van der Waals surface area contributed by atoms with E-state index in [1.807, 2.05) is 39.8 Å². The number of benzene rings is 1. The summed E-state index contributed by atoms with van der Waals surface area (Å²) in [7, 11) is 3.61. The third kappa shape index (κ3) is 5.87. The minimum atomic E-state index is -0.469. The van der Waals surface area contributed by atoms with Gasteiger partial charge in [-0.1, -0.05) is 39.0 Å². The third-order valence-electron chi connectivity index (χ3n) is 3.36. The van der Waals surface area contributed by atoms with Gasteiger partial charge in [0, 0.05) is 14.1 Å². The molecular weight excluding hydrogens is 272 g/mol. The molecule has 0 atom stereocenters. The van der Waals surface area contributed by atoms with E-state index in [2.05, 4.69) is 41.6 Å². The Bertz CT molecular complexity index is 512. The van der Waals surface area contributed by atoms with Crippen molar-refractivity contribution in [2.75, 3.05) is 14.1 Å². The van der Waals surface area contributed by atoms with E-state index in [-0.39, 0.29) is 0 Å². The molecule has 0 radical (unpaired) electrons. The van der Waals surface area contributed by atoms with Gasteiger partial charge < -0.3 is 0 Å². The molecule has 0 amide bonds. The first-order valence-electron chi connectivity index (χ1n) is 7.87. The minimum Gasteiger partial charge on any atom is -0.294 e. The molecule has 22 heavy (non-hydrogen) atoms. The molecule has 0 heterocycles. The average Bonchev–Trinajstić information content (AvgIpc) is 2.55. The Morgan fingerprint density at radius 1 is 1.27 bits per heavy atom. The summed E-state index contributed by atoms with van der Waals surface area (Å²) in [5, 5.41) is 11.2. The molecule has 122 valence electrons. The zero-order chi connectivity index (χ0) is 17.2. The molecule has 0 aliphatic carbocycles. The zero-order valence-corrected chi connectivity index (χ0v) is 15.1. The molecule has 0 fully saturated rings. The summed E-state index contributed by atoms with van der Waals surface area (Å²) in [5.41, 5.74) is 6.11. The van der Waals surface area contributed by atoms with E-state index in [9.17, 15) is 5.26 Å². The van der Waals surface area contributed by atoms with Crippen molar-refractivity contribution in [2.24, 2.45) is 4.99 Å². The molecule has 0 spiro atoms. The fourth-order valence-corrected chi connectivity index (χ4v) is 2.00. The molecule has 1 aromatic rings. The smallest absolute Gasteiger partial charge is 0.0991 e. The summed E-state index contributed by atoms with van der Waals surface area (Å²) in [4.78, 5) is 4.02. The van der Waals surface area contributed by atoms with Crippen LogP contribution in [0.2, 0.25) is 0 Å². The monoisotopic (exact) mass is 302 g/mol. The number of aryl methyl sites for hydroxylation is 1. The number of aliphatic imine (C=N–C) groups is 1. The molecule has 0 saturated carbocycles. The molecule has 1 rings (SSSR count). The molecular formula is C18H30N4. The Morgan fingerprint density at radius 3 is 2.32 bits per heavy atom. The van der Waals surface area contributed by atoms with E-state index in [0.29, 0.717) is 0 Å². The van der Waals surface area contributed by atoms with Gasteiger partial charge in [0.1, 0.15) is 0 Å². The Kier molecular flexibility index (Phi) is 9.12. The fraction of sp³-hybridized carbons (Fsp3) is 0.556. The maximum Gasteiger partial charge on any atom is 0.0991 e. The quantitative estimate of drug-likeness (QED) is 0.495. The average molecular weight is 302 g/mol. The van der Waals surface area contributed by atoms with Crippen LogP contribution in [-0.2, 0) is 18.4 Å². The van der Waals surface area contributed by atoms with Crippen molar-refractivity contribution in [3.05, 3.63) is 34.9 Å². The van der Waals surface area contributed by atoms with Crippen LogP contribution in [0.25, 0.3) is 0 Å². The van der Waals surface area contributed by atoms with Gasteiger partial charge in [0.15, 0.2) is 0 Å². The molecule has 0 aliphatic rings. The summed E-state index contributed by atoms with van der Waals surface area (Å²) in [6, 6.07) is 8.80. The maximum absolute atomic E-state index is 9.32. The van der Waals surface area contributed by atoms with Crippen LogP contribution < -0.4 is 5.43 Å². The van der Waals surface area contributed by atoms with Crippen molar-refractivity contribution in [3.8, 4) is 6.07 Å². The molecule has 4 nitrogen and oxygen atoms in total. The Balaban J connectivity index is 0.00000211. The second kappa shape index (κ2) is 9.97. The van der Waals surface area contributed by atoms with Crippen molar-refractivity contribution in [3.63, 3.8) is 0 Å². The largest absolute Gasteiger partial charge is 0.294 e. The number of nitriles is 1. The van der Waals surface area contributed by atoms with Crippen molar-refractivity contribution in [1.29, 1.82) is 5.26 Å². The number of hydrazine groups is 1. The normalized spacial score (nSPS) is 10.8. The van der Waals surface area contributed by atoms with Gasteiger partial charge in [0.2, 0.25) is 0 Å². The number of hydrogen-bond acceptors (Lipinski definition) is 3. The Hall–Kier alpha value is -1.86. The third-order valence-corrected chi connectivity index (χ3v) is 3.36. The summed E-state index contributed by atoms with van der Waals surface area (Å²) >= 11 is 0. The first-order valence-corrected chi connectivity index (χ1v) is 7.87. The van der Waals surface area contributed by atoms with E-state index < -0.39 is 5.41 Å². The first kappa shape index (κ1) is 20.1. The van der Waals surface area contributed by atoms with E-state index >= 15 is 0 Å². The highest BCUT2D eigenvalue weighted by atomic mass is 15.5.